The maximum atomic E-state index is 6.29. The Bertz CT molecular complexity index is 3610. The molecule has 0 amide bonds. The molecule has 286 valence electrons. The second-order valence-corrected chi connectivity index (χ2v) is 15.6. The molecule has 0 radical (unpaired) electrons. The van der Waals surface area contributed by atoms with E-state index in [1.165, 1.54) is 27.5 Å². The van der Waals surface area contributed by atoms with Crippen LogP contribution in [0.15, 0.2) is 233 Å². The van der Waals surface area contributed by atoms with Crippen molar-refractivity contribution in [3.05, 3.63) is 224 Å². The zero-order valence-electron chi connectivity index (χ0n) is 33.1. The van der Waals surface area contributed by atoms with Crippen molar-refractivity contribution in [1.29, 1.82) is 0 Å². The molecule has 0 N–H and O–H groups in total. The molecule has 2 aromatic heterocycles. The van der Waals surface area contributed by atoms with Gasteiger partial charge in [0.05, 0.1) is 11.4 Å². The number of fused-ring (bicyclic) bond motifs is 7. The summed E-state index contributed by atoms with van der Waals surface area (Å²) < 4.78 is 12.5. The van der Waals surface area contributed by atoms with Crippen molar-refractivity contribution in [2.75, 3.05) is 4.90 Å². The lowest BCUT2D eigenvalue weighted by Gasteiger charge is -2.30. The van der Waals surface area contributed by atoms with Crippen LogP contribution in [0.3, 0.4) is 0 Å². The minimum absolute atomic E-state index is 0.880. The van der Waals surface area contributed by atoms with E-state index in [0.717, 1.165) is 88.8 Å². The lowest BCUT2D eigenvalue weighted by atomic mass is 9.90. The predicted molar refractivity (Wildman–Crippen MR) is 255 cm³/mol. The van der Waals surface area contributed by atoms with Crippen LogP contribution in [0, 0.1) is 0 Å². The molecule has 0 aliphatic rings. The van der Waals surface area contributed by atoms with E-state index in [1.807, 2.05) is 24.3 Å². The smallest absolute Gasteiger partial charge is 0.135 e. The Morgan fingerprint density at radius 3 is 1.49 bits per heavy atom. The van der Waals surface area contributed by atoms with Gasteiger partial charge in [-0.05, 0) is 105 Å². The lowest BCUT2D eigenvalue weighted by molar-refractivity contribution is 0.668. The van der Waals surface area contributed by atoms with Gasteiger partial charge in [0.2, 0.25) is 0 Å². The highest BCUT2D eigenvalue weighted by molar-refractivity contribution is 6.11. The van der Waals surface area contributed by atoms with Gasteiger partial charge in [0.15, 0.2) is 0 Å². The lowest BCUT2D eigenvalue weighted by Crippen LogP contribution is -2.12. The Morgan fingerprint density at radius 1 is 0.279 bits per heavy atom. The quantitative estimate of drug-likeness (QED) is 0.161. The standard InChI is InChI=1S/C58H37NO2/c1-2-15-38(16-3-1)45-25-13-17-39-18-14-26-49(58(39)45)46-22-5-9-28-53(46)59(43-20-12-19-40(35-43)41-31-33-56-50(36-41)47-23-6-10-29-54(47)60-56)52-27-8-4-21-44(52)42-32-34-57-51(37-42)48-24-7-11-30-55(48)61-57/h1-37H. The molecule has 0 aliphatic heterocycles. The molecule has 0 bridgehead atoms. The summed E-state index contributed by atoms with van der Waals surface area (Å²) in [6.07, 6.45) is 0. The molecular weight excluding hydrogens is 743 g/mol. The van der Waals surface area contributed by atoms with Gasteiger partial charge in [-0.15, -0.1) is 0 Å². The van der Waals surface area contributed by atoms with E-state index in [9.17, 15) is 0 Å². The van der Waals surface area contributed by atoms with Crippen molar-refractivity contribution in [2.45, 2.75) is 0 Å². The summed E-state index contributed by atoms with van der Waals surface area (Å²) in [5.41, 5.74) is 15.9. The van der Waals surface area contributed by atoms with Crippen molar-refractivity contribution < 1.29 is 8.83 Å². The first-order valence-electron chi connectivity index (χ1n) is 20.7. The van der Waals surface area contributed by atoms with Crippen LogP contribution in [0.1, 0.15) is 0 Å². The predicted octanol–water partition coefficient (Wildman–Crippen LogP) is 16.8. The normalized spacial score (nSPS) is 11.6. The summed E-state index contributed by atoms with van der Waals surface area (Å²) in [5, 5.41) is 6.86. The van der Waals surface area contributed by atoms with Crippen LogP contribution in [0.2, 0.25) is 0 Å². The van der Waals surface area contributed by atoms with Crippen molar-refractivity contribution in [3.63, 3.8) is 0 Å². The Kier molecular flexibility index (Phi) is 8.17. The number of hydrogen-bond donors (Lipinski definition) is 0. The van der Waals surface area contributed by atoms with Gasteiger partial charge in [-0.25, -0.2) is 0 Å². The summed E-state index contributed by atoms with van der Waals surface area (Å²) in [6, 6.07) is 80.2. The number of anilines is 3. The highest BCUT2D eigenvalue weighted by Gasteiger charge is 2.23. The molecule has 0 saturated heterocycles. The molecule has 0 saturated carbocycles. The molecule has 0 spiro atoms. The fourth-order valence-corrected chi connectivity index (χ4v) is 9.26. The van der Waals surface area contributed by atoms with Crippen LogP contribution >= 0.6 is 0 Å². The van der Waals surface area contributed by atoms with E-state index in [4.69, 9.17) is 8.83 Å². The number of nitrogens with zero attached hydrogens (tertiary/aromatic N) is 1. The van der Waals surface area contributed by atoms with Gasteiger partial charge in [-0.2, -0.15) is 0 Å². The van der Waals surface area contributed by atoms with Crippen molar-refractivity contribution in [2.24, 2.45) is 0 Å². The molecule has 2 heterocycles. The van der Waals surface area contributed by atoms with Gasteiger partial charge in [0, 0.05) is 38.4 Å². The summed E-state index contributed by atoms with van der Waals surface area (Å²) in [5.74, 6) is 0. The Balaban J connectivity index is 1.10. The summed E-state index contributed by atoms with van der Waals surface area (Å²) in [6.45, 7) is 0. The maximum Gasteiger partial charge on any atom is 0.135 e. The van der Waals surface area contributed by atoms with Gasteiger partial charge in [0.25, 0.3) is 0 Å². The van der Waals surface area contributed by atoms with Gasteiger partial charge in [0.1, 0.15) is 22.3 Å². The number of benzene rings is 10. The van der Waals surface area contributed by atoms with E-state index in [-0.39, 0.29) is 0 Å². The third-order valence-corrected chi connectivity index (χ3v) is 12.1. The third-order valence-electron chi connectivity index (χ3n) is 12.1. The van der Waals surface area contributed by atoms with E-state index < -0.39 is 0 Å². The van der Waals surface area contributed by atoms with E-state index in [2.05, 4.69) is 205 Å². The first-order valence-corrected chi connectivity index (χ1v) is 20.7. The molecule has 0 aliphatic carbocycles. The van der Waals surface area contributed by atoms with Crippen LogP contribution in [-0.2, 0) is 0 Å². The van der Waals surface area contributed by atoms with Gasteiger partial charge < -0.3 is 13.7 Å². The van der Waals surface area contributed by atoms with Crippen LogP contribution in [0.25, 0.3) is 99.2 Å². The van der Waals surface area contributed by atoms with E-state index >= 15 is 0 Å². The fourth-order valence-electron chi connectivity index (χ4n) is 9.26. The van der Waals surface area contributed by atoms with Gasteiger partial charge in [-0.3, -0.25) is 0 Å². The summed E-state index contributed by atoms with van der Waals surface area (Å²) in [4.78, 5) is 2.45. The molecule has 3 heteroatoms. The highest BCUT2D eigenvalue weighted by Crippen LogP contribution is 2.48. The summed E-state index contributed by atoms with van der Waals surface area (Å²) >= 11 is 0. The number of hydrogen-bond acceptors (Lipinski definition) is 3. The Morgan fingerprint density at radius 2 is 0.770 bits per heavy atom. The molecule has 10 aromatic carbocycles. The Hall–Kier alpha value is -8.14. The van der Waals surface area contributed by atoms with E-state index in [0.29, 0.717) is 0 Å². The monoisotopic (exact) mass is 779 g/mol. The van der Waals surface area contributed by atoms with Crippen molar-refractivity contribution in [1.82, 2.24) is 0 Å². The van der Waals surface area contributed by atoms with Gasteiger partial charge in [-0.1, -0.05) is 164 Å². The molecular formula is C58H37NO2. The summed E-state index contributed by atoms with van der Waals surface area (Å²) in [7, 11) is 0. The average molecular weight is 780 g/mol. The minimum Gasteiger partial charge on any atom is -0.456 e. The SMILES string of the molecule is c1ccc(-c2cccc3cccc(-c4ccccc4N(c4cccc(-c5ccc6oc7ccccc7c6c5)c4)c4ccccc4-c4ccc5oc6ccccc6c5c4)c23)cc1. The fraction of sp³-hybridized carbons (Fsp3) is 0. The van der Waals surface area contributed by atoms with E-state index in [1.54, 1.807) is 0 Å². The van der Waals surface area contributed by atoms with Crippen LogP contribution in [-0.4, -0.2) is 0 Å². The highest BCUT2D eigenvalue weighted by atomic mass is 16.3. The molecule has 0 fully saturated rings. The first kappa shape index (κ1) is 34.9. The molecule has 12 rings (SSSR count). The first-order chi connectivity index (χ1) is 30.2. The average Bonchev–Trinajstić information content (AvgIpc) is 3.90. The second-order valence-electron chi connectivity index (χ2n) is 15.6. The van der Waals surface area contributed by atoms with Gasteiger partial charge >= 0.3 is 0 Å². The molecule has 61 heavy (non-hydrogen) atoms. The van der Waals surface area contributed by atoms with Crippen molar-refractivity contribution in [3.8, 4) is 44.5 Å². The minimum atomic E-state index is 0.880. The molecule has 12 aromatic rings. The topological polar surface area (TPSA) is 29.5 Å². The third kappa shape index (κ3) is 5.90. The maximum absolute atomic E-state index is 6.29. The molecule has 3 nitrogen and oxygen atoms in total. The number of furan rings is 2. The number of rotatable bonds is 7. The second kappa shape index (κ2) is 14.3. The van der Waals surface area contributed by atoms with Crippen LogP contribution < -0.4 is 4.90 Å². The molecule has 0 atom stereocenters. The zero-order valence-corrected chi connectivity index (χ0v) is 33.1. The van der Waals surface area contributed by atoms with Crippen molar-refractivity contribution >= 4 is 71.7 Å². The van der Waals surface area contributed by atoms with Crippen LogP contribution in [0.5, 0.6) is 0 Å². The Labute approximate surface area is 353 Å². The largest absolute Gasteiger partial charge is 0.456 e. The zero-order chi connectivity index (χ0) is 40.3. The van der Waals surface area contributed by atoms with Crippen LogP contribution in [0.4, 0.5) is 17.1 Å². The number of para-hydroxylation sites is 4. The molecule has 0 unspecified atom stereocenters.